The molecule has 0 unspecified atom stereocenters. The number of hydrogen-bond acceptors (Lipinski definition) is 3. The van der Waals surface area contributed by atoms with Crippen molar-refractivity contribution in [2.45, 2.75) is 18.3 Å². The SMILES string of the molecule is Cl.O=C1NCC2(CNC2)c2[nH]c3c(c21)CCc1cnc(-c2cccc(Cl)c2)cc1-3. The summed E-state index contributed by atoms with van der Waals surface area (Å²) in [6.45, 7) is 2.50. The lowest BCUT2D eigenvalue weighted by Crippen LogP contribution is -2.64. The molecule has 0 radical (unpaired) electrons. The summed E-state index contributed by atoms with van der Waals surface area (Å²) in [6.07, 6.45) is 3.73. The lowest BCUT2D eigenvalue weighted by atomic mass is 9.74. The minimum Gasteiger partial charge on any atom is -0.357 e. The first kappa shape index (κ1) is 18.7. The number of aromatic nitrogens is 2. The molecule has 3 aliphatic rings. The second-order valence-electron chi connectivity index (χ2n) is 8.03. The van der Waals surface area contributed by atoms with Gasteiger partial charge in [-0.3, -0.25) is 9.78 Å². The van der Waals surface area contributed by atoms with Crippen LogP contribution >= 0.6 is 24.0 Å². The summed E-state index contributed by atoms with van der Waals surface area (Å²) in [6, 6.07) is 9.89. The number of benzene rings is 1. The molecule has 0 bridgehead atoms. The topological polar surface area (TPSA) is 69.8 Å². The Labute approximate surface area is 179 Å². The number of rotatable bonds is 1. The van der Waals surface area contributed by atoms with Gasteiger partial charge in [0.05, 0.1) is 22.4 Å². The van der Waals surface area contributed by atoms with Gasteiger partial charge in [0.25, 0.3) is 5.91 Å². The van der Waals surface area contributed by atoms with Gasteiger partial charge < -0.3 is 15.6 Å². The number of aryl methyl sites for hydroxylation is 1. The molecule has 6 rings (SSSR count). The van der Waals surface area contributed by atoms with E-state index in [1.165, 1.54) is 5.56 Å². The van der Waals surface area contributed by atoms with Gasteiger partial charge in [0, 0.05) is 47.7 Å². The Bertz CT molecular complexity index is 1150. The van der Waals surface area contributed by atoms with Crippen LogP contribution in [0.15, 0.2) is 36.5 Å². The number of amides is 1. The zero-order valence-electron chi connectivity index (χ0n) is 15.6. The van der Waals surface area contributed by atoms with Gasteiger partial charge in [0.1, 0.15) is 0 Å². The van der Waals surface area contributed by atoms with E-state index >= 15 is 0 Å². The van der Waals surface area contributed by atoms with Crippen molar-refractivity contribution in [3.63, 3.8) is 0 Å². The first-order valence-electron chi connectivity index (χ1n) is 9.64. The standard InChI is InChI=1S/C22H19ClN4O.ClH/c23-14-3-1-2-12(6-14)17-7-16-13(8-25-17)4-5-15-18-20(27-19(15)16)22(9-24-10-22)11-26-21(18)28;/h1-3,6-8,24,27H,4-5,9-11H2,(H,26,28);1H. The van der Waals surface area contributed by atoms with Crippen molar-refractivity contribution in [1.29, 1.82) is 0 Å². The van der Waals surface area contributed by atoms with Crippen molar-refractivity contribution < 1.29 is 4.79 Å². The third kappa shape index (κ3) is 2.65. The van der Waals surface area contributed by atoms with E-state index in [4.69, 9.17) is 11.6 Å². The molecule has 148 valence electrons. The number of H-pyrrole nitrogens is 1. The van der Waals surface area contributed by atoms with Gasteiger partial charge >= 0.3 is 0 Å². The molecule has 29 heavy (non-hydrogen) atoms. The molecule has 2 aromatic heterocycles. The smallest absolute Gasteiger partial charge is 0.253 e. The van der Waals surface area contributed by atoms with E-state index in [1.807, 2.05) is 30.5 Å². The van der Waals surface area contributed by atoms with Gasteiger partial charge in [-0.05, 0) is 42.2 Å². The second-order valence-corrected chi connectivity index (χ2v) is 8.47. The Morgan fingerprint density at radius 2 is 1.97 bits per heavy atom. The fourth-order valence-electron chi connectivity index (χ4n) is 4.80. The van der Waals surface area contributed by atoms with E-state index in [0.29, 0.717) is 11.6 Å². The first-order valence-corrected chi connectivity index (χ1v) is 10.0. The zero-order chi connectivity index (χ0) is 18.9. The Kier molecular flexibility index (Phi) is 4.24. The quantitative estimate of drug-likeness (QED) is 0.557. The normalized spacial score (nSPS) is 18.0. The highest BCUT2D eigenvalue weighted by molar-refractivity contribution is 6.30. The van der Waals surface area contributed by atoms with E-state index in [1.54, 1.807) is 0 Å². The number of nitrogens with zero attached hydrogens (tertiary/aromatic N) is 1. The van der Waals surface area contributed by atoms with Crippen LogP contribution in [0.4, 0.5) is 0 Å². The molecule has 1 spiro atoms. The lowest BCUT2D eigenvalue weighted by Gasteiger charge is -2.45. The minimum atomic E-state index is 0. The van der Waals surface area contributed by atoms with Crippen molar-refractivity contribution in [1.82, 2.24) is 20.6 Å². The summed E-state index contributed by atoms with van der Waals surface area (Å²) in [5, 5.41) is 7.18. The molecule has 1 saturated heterocycles. The fraction of sp³-hybridized carbons (Fsp3) is 0.273. The molecule has 1 aromatic carbocycles. The minimum absolute atomic E-state index is 0. The molecule has 1 amide bonds. The van der Waals surface area contributed by atoms with Gasteiger partial charge in [-0.15, -0.1) is 12.4 Å². The molecule has 4 heterocycles. The van der Waals surface area contributed by atoms with Crippen LogP contribution in [0.2, 0.25) is 5.02 Å². The molecular formula is C22H20Cl2N4O. The summed E-state index contributed by atoms with van der Waals surface area (Å²) in [5.41, 5.74) is 8.47. The maximum Gasteiger partial charge on any atom is 0.253 e. The number of pyridine rings is 1. The number of halogens is 2. The molecule has 2 aliphatic heterocycles. The largest absolute Gasteiger partial charge is 0.357 e. The Morgan fingerprint density at radius 3 is 2.72 bits per heavy atom. The Balaban J connectivity index is 0.00000181. The monoisotopic (exact) mass is 426 g/mol. The first-order chi connectivity index (χ1) is 13.6. The van der Waals surface area contributed by atoms with E-state index in [-0.39, 0.29) is 23.7 Å². The molecular weight excluding hydrogens is 407 g/mol. The highest BCUT2D eigenvalue weighted by atomic mass is 35.5. The summed E-state index contributed by atoms with van der Waals surface area (Å²) < 4.78 is 0. The van der Waals surface area contributed by atoms with Crippen molar-refractivity contribution in [3.05, 3.63) is 63.9 Å². The van der Waals surface area contributed by atoms with Crippen molar-refractivity contribution in [3.8, 4) is 22.5 Å². The Hall–Kier alpha value is -2.34. The molecule has 1 aliphatic carbocycles. The average molecular weight is 427 g/mol. The molecule has 0 saturated carbocycles. The predicted octanol–water partition coefficient (Wildman–Crippen LogP) is 3.50. The third-order valence-corrected chi connectivity index (χ3v) is 6.63. The van der Waals surface area contributed by atoms with Crippen LogP contribution in [0.3, 0.4) is 0 Å². The maximum absolute atomic E-state index is 12.7. The van der Waals surface area contributed by atoms with Crippen molar-refractivity contribution >= 4 is 29.9 Å². The fourth-order valence-corrected chi connectivity index (χ4v) is 4.99. The number of hydrogen-bond donors (Lipinski definition) is 3. The summed E-state index contributed by atoms with van der Waals surface area (Å²) >= 11 is 6.17. The van der Waals surface area contributed by atoms with Gasteiger partial charge in [-0.2, -0.15) is 0 Å². The van der Waals surface area contributed by atoms with Crippen LogP contribution in [-0.4, -0.2) is 35.5 Å². The van der Waals surface area contributed by atoms with Crippen LogP contribution in [-0.2, 0) is 18.3 Å². The highest BCUT2D eigenvalue weighted by Crippen LogP contribution is 2.43. The number of fused-ring (bicyclic) bond motifs is 6. The van der Waals surface area contributed by atoms with E-state index in [9.17, 15) is 4.79 Å². The zero-order valence-corrected chi connectivity index (χ0v) is 17.2. The van der Waals surface area contributed by atoms with Gasteiger partial charge in [0.2, 0.25) is 0 Å². The molecule has 5 nitrogen and oxygen atoms in total. The highest BCUT2D eigenvalue weighted by Gasteiger charge is 2.47. The molecule has 3 aromatic rings. The van der Waals surface area contributed by atoms with E-state index in [2.05, 4.69) is 26.7 Å². The van der Waals surface area contributed by atoms with Crippen molar-refractivity contribution in [2.75, 3.05) is 19.6 Å². The molecule has 1 fully saturated rings. The third-order valence-electron chi connectivity index (χ3n) is 6.40. The number of carbonyl (C=O) groups is 1. The predicted molar refractivity (Wildman–Crippen MR) is 116 cm³/mol. The molecule has 3 N–H and O–H groups in total. The van der Waals surface area contributed by atoms with Crippen LogP contribution in [0.5, 0.6) is 0 Å². The summed E-state index contributed by atoms with van der Waals surface area (Å²) in [4.78, 5) is 21.0. The number of carbonyl (C=O) groups excluding carboxylic acids is 1. The summed E-state index contributed by atoms with van der Waals surface area (Å²) in [5.74, 6) is 0.0533. The summed E-state index contributed by atoms with van der Waals surface area (Å²) in [7, 11) is 0. The maximum atomic E-state index is 12.7. The number of nitrogens with one attached hydrogen (secondary N) is 3. The van der Waals surface area contributed by atoms with E-state index in [0.717, 1.165) is 65.3 Å². The van der Waals surface area contributed by atoms with Gasteiger partial charge in [0.15, 0.2) is 0 Å². The van der Waals surface area contributed by atoms with Crippen LogP contribution in [0.1, 0.15) is 27.2 Å². The molecule has 0 atom stereocenters. The van der Waals surface area contributed by atoms with Crippen LogP contribution < -0.4 is 10.6 Å². The van der Waals surface area contributed by atoms with Gasteiger partial charge in [-0.25, -0.2) is 0 Å². The molecule has 7 heteroatoms. The number of aromatic amines is 1. The van der Waals surface area contributed by atoms with Crippen LogP contribution in [0, 0.1) is 0 Å². The Morgan fingerprint density at radius 1 is 1.10 bits per heavy atom. The lowest BCUT2D eigenvalue weighted by molar-refractivity contribution is 0.0905. The van der Waals surface area contributed by atoms with Gasteiger partial charge in [-0.1, -0.05) is 23.7 Å². The van der Waals surface area contributed by atoms with Crippen molar-refractivity contribution in [2.24, 2.45) is 0 Å². The second kappa shape index (κ2) is 6.59. The van der Waals surface area contributed by atoms with E-state index < -0.39 is 0 Å². The van der Waals surface area contributed by atoms with Crippen LogP contribution in [0.25, 0.3) is 22.5 Å². The average Bonchev–Trinajstić information content (AvgIpc) is 3.08.